The van der Waals surface area contributed by atoms with Gasteiger partial charge < -0.3 is 5.73 Å². The van der Waals surface area contributed by atoms with Gasteiger partial charge in [0.1, 0.15) is 16.6 Å². The summed E-state index contributed by atoms with van der Waals surface area (Å²) >= 11 is 8.37. The minimum absolute atomic E-state index is 0.404. The van der Waals surface area contributed by atoms with E-state index in [4.69, 9.17) is 22.6 Å². The van der Waals surface area contributed by atoms with Crippen LogP contribution in [0.4, 0.5) is 5.13 Å². The Bertz CT molecular complexity index is 509. The molecule has 2 aromatic rings. The molecule has 0 fully saturated rings. The zero-order chi connectivity index (χ0) is 10.1. The first kappa shape index (κ1) is 9.46. The van der Waals surface area contributed by atoms with Crippen molar-refractivity contribution in [2.45, 2.75) is 0 Å². The van der Waals surface area contributed by atoms with Crippen LogP contribution in [0.1, 0.15) is 4.88 Å². The van der Waals surface area contributed by atoms with E-state index in [1.54, 1.807) is 6.07 Å². The Labute approximate surface area is 93.4 Å². The summed E-state index contributed by atoms with van der Waals surface area (Å²) in [5, 5.41) is 9.24. The van der Waals surface area contributed by atoms with Gasteiger partial charge >= 0.3 is 0 Å². The Kier molecular flexibility index (Phi) is 2.42. The molecule has 70 valence electrons. The Balaban J connectivity index is 2.56. The Morgan fingerprint density at radius 1 is 1.43 bits per heavy atom. The number of nitrogen functional groups attached to an aromatic ring is 1. The highest BCUT2D eigenvalue weighted by atomic mass is 35.5. The van der Waals surface area contributed by atoms with Gasteiger partial charge in [-0.25, -0.2) is 4.98 Å². The van der Waals surface area contributed by atoms with Gasteiger partial charge in [0.2, 0.25) is 0 Å². The van der Waals surface area contributed by atoms with Gasteiger partial charge in [-0.1, -0.05) is 22.9 Å². The van der Waals surface area contributed by atoms with Crippen molar-refractivity contribution in [3.05, 3.63) is 21.3 Å². The number of nitriles is 1. The first-order chi connectivity index (χ1) is 6.70. The third kappa shape index (κ3) is 1.60. The van der Waals surface area contributed by atoms with Crippen molar-refractivity contribution in [3.63, 3.8) is 0 Å². The zero-order valence-electron chi connectivity index (χ0n) is 6.82. The fourth-order valence-corrected chi connectivity index (χ4v) is 2.77. The molecule has 0 aliphatic heterocycles. The van der Waals surface area contributed by atoms with E-state index in [2.05, 4.69) is 11.1 Å². The van der Waals surface area contributed by atoms with E-state index in [-0.39, 0.29) is 0 Å². The first-order valence-corrected chi connectivity index (χ1v) is 5.64. The van der Waals surface area contributed by atoms with Gasteiger partial charge in [0, 0.05) is 0 Å². The van der Waals surface area contributed by atoms with Crippen LogP contribution < -0.4 is 5.73 Å². The first-order valence-electron chi connectivity index (χ1n) is 3.63. The lowest BCUT2D eigenvalue weighted by atomic mass is 10.3. The van der Waals surface area contributed by atoms with Gasteiger partial charge in [-0.15, -0.1) is 11.3 Å². The highest BCUT2D eigenvalue weighted by molar-refractivity contribution is 7.20. The van der Waals surface area contributed by atoms with Gasteiger partial charge in [-0.05, 0) is 12.1 Å². The maximum atomic E-state index is 8.84. The van der Waals surface area contributed by atoms with Gasteiger partial charge in [0.15, 0.2) is 5.13 Å². The number of thiazole rings is 1. The van der Waals surface area contributed by atoms with E-state index < -0.39 is 0 Å². The van der Waals surface area contributed by atoms with Gasteiger partial charge in [-0.2, -0.15) is 5.26 Å². The fourth-order valence-electron chi connectivity index (χ4n) is 1.02. The second kappa shape index (κ2) is 3.58. The molecule has 2 rings (SSSR count). The molecule has 0 atom stereocenters. The number of nitrogens with zero attached hydrogens (tertiary/aromatic N) is 2. The largest absolute Gasteiger partial charge is 0.375 e. The third-order valence-corrected chi connectivity index (χ3v) is 3.58. The molecule has 0 spiro atoms. The van der Waals surface area contributed by atoms with Crippen LogP contribution >= 0.6 is 34.3 Å². The topological polar surface area (TPSA) is 62.7 Å². The van der Waals surface area contributed by atoms with Crippen LogP contribution in [-0.4, -0.2) is 4.98 Å². The molecule has 3 nitrogen and oxygen atoms in total. The van der Waals surface area contributed by atoms with Crippen molar-refractivity contribution in [2.24, 2.45) is 0 Å². The lowest BCUT2D eigenvalue weighted by Crippen LogP contribution is -1.81. The van der Waals surface area contributed by atoms with Crippen LogP contribution in [0.15, 0.2) is 12.1 Å². The molecular weight excluding hydrogens is 238 g/mol. The van der Waals surface area contributed by atoms with Crippen molar-refractivity contribution in [2.75, 3.05) is 5.73 Å². The Morgan fingerprint density at radius 3 is 2.79 bits per heavy atom. The minimum Gasteiger partial charge on any atom is -0.375 e. The predicted octanol–water partition coefficient (Wildman–Crippen LogP) is 2.98. The third-order valence-electron chi connectivity index (χ3n) is 1.55. The Morgan fingerprint density at radius 2 is 2.21 bits per heavy atom. The van der Waals surface area contributed by atoms with Crippen molar-refractivity contribution in [1.82, 2.24) is 4.98 Å². The summed E-state index contributed by atoms with van der Waals surface area (Å²) in [6, 6.07) is 5.68. The molecule has 6 heteroatoms. The molecule has 0 aliphatic rings. The van der Waals surface area contributed by atoms with E-state index in [0.29, 0.717) is 20.0 Å². The number of rotatable bonds is 1. The maximum Gasteiger partial charge on any atom is 0.181 e. The van der Waals surface area contributed by atoms with E-state index >= 15 is 0 Å². The Hall–Kier alpha value is -1.09. The molecule has 0 unspecified atom stereocenters. The molecule has 0 bridgehead atoms. The van der Waals surface area contributed by atoms with E-state index in [1.165, 1.54) is 22.7 Å². The van der Waals surface area contributed by atoms with E-state index in [9.17, 15) is 0 Å². The molecule has 14 heavy (non-hydrogen) atoms. The number of nitrogens with two attached hydrogens (primary N) is 1. The number of hydrogen-bond donors (Lipinski definition) is 1. The zero-order valence-corrected chi connectivity index (χ0v) is 9.21. The smallest absolute Gasteiger partial charge is 0.181 e. The van der Waals surface area contributed by atoms with Crippen LogP contribution in [0.5, 0.6) is 0 Å². The van der Waals surface area contributed by atoms with E-state index in [0.717, 1.165) is 4.88 Å². The lowest BCUT2D eigenvalue weighted by Gasteiger charge is -1.88. The highest BCUT2D eigenvalue weighted by Crippen LogP contribution is 2.35. The second-order valence-electron chi connectivity index (χ2n) is 2.45. The second-order valence-corrected chi connectivity index (χ2v) is 5.19. The summed E-state index contributed by atoms with van der Waals surface area (Å²) in [4.78, 5) is 5.49. The quantitative estimate of drug-likeness (QED) is 0.835. The van der Waals surface area contributed by atoms with Crippen LogP contribution in [0.25, 0.3) is 10.6 Å². The average Bonchev–Trinajstić information content (AvgIpc) is 2.71. The molecule has 0 aromatic carbocycles. The molecular formula is C8H4ClN3S2. The average molecular weight is 242 g/mol. The van der Waals surface area contributed by atoms with Gasteiger partial charge in [-0.3, -0.25) is 0 Å². The molecule has 0 radical (unpaired) electrons. The molecule has 0 amide bonds. The van der Waals surface area contributed by atoms with Crippen molar-refractivity contribution < 1.29 is 0 Å². The van der Waals surface area contributed by atoms with Gasteiger partial charge in [0.05, 0.1) is 9.21 Å². The SMILES string of the molecule is N#Cc1sc(N)nc1-c1ccc(Cl)s1. The molecule has 0 saturated carbocycles. The maximum absolute atomic E-state index is 8.84. The van der Waals surface area contributed by atoms with Crippen molar-refractivity contribution in [1.29, 1.82) is 5.26 Å². The lowest BCUT2D eigenvalue weighted by molar-refractivity contribution is 1.41. The monoisotopic (exact) mass is 241 g/mol. The summed E-state index contributed by atoms with van der Waals surface area (Å²) in [5.41, 5.74) is 6.16. The molecule has 2 aromatic heterocycles. The fraction of sp³-hybridized carbons (Fsp3) is 0. The van der Waals surface area contributed by atoms with E-state index in [1.807, 2.05) is 6.07 Å². The molecule has 0 aliphatic carbocycles. The molecule has 2 N–H and O–H groups in total. The number of anilines is 1. The summed E-state index contributed by atoms with van der Waals surface area (Å²) in [6.45, 7) is 0. The predicted molar refractivity (Wildman–Crippen MR) is 59.6 cm³/mol. The number of halogens is 1. The summed E-state index contributed by atoms with van der Waals surface area (Å²) in [6.07, 6.45) is 0. The number of hydrogen-bond acceptors (Lipinski definition) is 5. The van der Waals surface area contributed by atoms with Crippen molar-refractivity contribution >= 4 is 39.4 Å². The molecule has 2 heterocycles. The normalized spacial score (nSPS) is 10.0. The van der Waals surface area contributed by atoms with Crippen molar-refractivity contribution in [3.8, 4) is 16.6 Å². The minimum atomic E-state index is 0.404. The highest BCUT2D eigenvalue weighted by Gasteiger charge is 2.12. The standard InChI is InChI=1S/C8H4ClN3S2/c9-6-2-1-4(13-6)7-5(3-10)14-8(11)12-7/h1-2H,(H2,11,12). The van der Waals surface area contributed by atoms with Crippen LogP contribution in [0.3, 0.4) is 0 Å². The van der Waals surface area contributed by atoms with Crippen LogP contribution in [0, 0.1) is 11.3 Å². The summed E-state index contributed by atoms with van der Waals surface area (Å²) in [7, 11) is 0. The van der Waals surface area contributed by atoms with Crippen LogP contribution in [-0.2, 0) is 0 Å². The molecule has 0 saturated heterocycles. The van der Waals surface area contributed by atoms with Gasteiger partial charge in [0.25, 0.3) is 0 Å². The summed E-state index contributed by atoms with van der Waals surface area (Å²) in [5.74, 6) is 0. The number of thiophene rings is 1. The summed E-state index contributed by atoms with van der Waals surface area (Å²) < 4.78 is 0.676. The van der Waals surface area contributed by atoms with Crippen LogP contribution in [0.2, 0.25) is 4.34 Å². The number of aromatic nitrogens is 1.